The standard InChI is InChI=1S/C13H24N/c1-10-12(4,5)13(6)7-8-14(10)9-11(13,2)3/h7-9H2,1-6H3. The number of piperidine rings is 3. The van der Waals surface area contributed by atoms with Gasteiger partial charge >= 0.3 is 0 Å². The Hall–Kier alpha value is -0.0400. The van der Waals surface area contributed by atoms with Crippen LogP contribution in [0.15, 0.2) is 0 Å². The van der Waals surface area contributed by atoms with E-state index in [9.17, 15) is 0 Å². The van der Waals surface area contributed by atoms with Crippen LogP contribution in [-0.4, -0.2) is 18.0 Å². The molecule has 0 spiro atoms. The summed E-state index contributed by atoms with van der Waals surface area (Å²) in [5.41, 5.74) is 1.29. The van der Waals surface area contributed by atoms with Gasteiger partial charge in [0.15, 0.2) is 0 Å². The predicted molar refractivity (Wildman–Crippen MR) is 60.8 cm³/mol. The molecule has 1 heteroatoms. The second-order valence-electron chi connectivity index (χ2n) is 6.60. The van der Waals surface area contributed by atoms with Crippen LogP contribution in [0.3, 0.4) is 0 Å². The van der Waals surface area contributed by atoms with Crippen molar-refractivity contribution in [3.05, 3.63) is 6.04 Å². The zero-order chi connectivity index (χ0) is 10.8. The van der Waals surface area contributed by atoms with Crippen LogP contribution in [-0.2, 0) is 0 Å². The molecular weight excluding hydrogens is 170 g/mol. The van der Waals surface area contributed by atoms with Crippen LogP contribution in [0.4, 0.5) is 0 Å². The normalized spacial score (nSPS) is 45.4. The van der Waals surface area contributed by atoms with Gasteiger partial charge in [0.05, 0.1) is 0 Å². The molecule has 0 saturated carbocycles. The monoisotopic (exact) mass is 194 g/mol. The van der Waals surface area contributed by atoms with Crippen LogP contribution in [0.25, 0.3) is 0 Å². The largest absolute Gasteiger partial charge is 0.295 e. The number of nitrogens with zero attached hydrogens (tertiary/aromatic N) is 1. The van der Waals surface area contributed by atoms with Gasteiger partial charge in [0.25, 0.3) is 0 Å². The van der Waals surface area contributed by atoms with E-state index in [4.69, 9.17) is 0 Å². The summed E-state index contributed by atoms with van der Waals surface area (Å²) in [6.45, 7) is 17.1. The zero-order valence-electron chi connectivity index (χ0n) is 10.6. The number of hydrogen-bond donors (Lipinski definition) is 0. The highest BCUT2D eigenvalue weighted by Crippen LogP contribution is 2.65. The Morgan fingerprint density at radius 2 is 1.64 bits per heavy atom. The molecule has 0 N–H and O–H groups in total. The van der Waals surface area contributed by atoms with Gasteiger partial charge in [-0.3, -0.25) is 4.90 Å². The van der Waals surface area contributed by atoms with Crippen molar-refractivity contribution < 1.29 is 0 Å². The van der Waals surface area contributed by atoms with E-state index in [0.717, 1.165) is 0 Å². The van der Waals surface area contributed by atoms with Crippen LogP contribution in [0.5, 0.6) is 0 Å². The quantitative estimate of drug-likeness (QED) is 0.572. The Morgan fingerprint density at radius 3 is 2.07 bits per heavy atom. The average Bonchev–Trinajstić information content (AvgIpc) is 2.05. The van der Waals surface area contributed by atoms with Crippen LogP contribution in [0.1, 0.15) is 48.0 Å². The molecule has 3 fully saturated rings. The maximum atomic E-state index is 2.60. The highest BCUT2D eigenvalue weighted by atomic mass is 15.2. The molecule has 0 aromatic rings. The zero-order valence-corrected chi connectivity index (χ0v) is 10.6. The molecule has 1 radical (unpaired) electrons. The van der Waals surface area contributed by atoms with Gasteiger partial charge in [-0.2, -0.15) is 0 Å². The van der Waals surface area contributed by atoms with Gasteiger partial charge < -0.3 is 0 Å². The second kappa shape index (κ2) is 2.55. The molecule has 81 valence electrons. The van der Waals surface area contributed by atoms with Crippen molar-refractivity contribution in [3.63, 3.8) is 0 Å². The summed E-state index contributed by atoms with van der Waals surface area (Å²) in [7, 11) is 0. The van der Waals surface area contributed by atoms with E-state index >= 15 is 0 Å². The Balaban J connectivity index is 2.47. The molecule has 2 bridgehead atoms. The summed E-state index contributed by atoms with van der Waals surface area (Å²) in [4.78, 5) is 2.60. The minimum atomic E-state index is 0.368. The first-order valence-electron chi connectivity index (χ1n) is 5.81. The Labute approximate surface area is 88.9 Å². The molecule has 14 heavy (non-hydrogen) atoms. The van der Waals surface area contributed by atoms with E-state index < -0.39 is 0 Å². The summed E-state index contributed by atoms with van der Waals surface area (Å²) >= 11 is 0. The summed E-state index contributed by atoms with van der Waals surface area (Å²) in [6.07, 6.45) is 1.35. The predicted octanol–water partition coefficient (Wildman–Crippen LogP) is 3.32. The summed E-state index contributed by atoms with van der Waals surface area (Å²) in [5, 5.41) is 0. The van der Waals surface area contributed by atoms with Crippen LogP contribution >= 0.6 is 0 Å². The molecule has 1 nitrogen and oxygen atoms in total. The summed E-state index contributed by atoms with van der Waals surface area (Å²) < 4.78 is 0. The fourth-order valence-electron chi connectivity index (χ4n) is 3.67. The number of rotatable bonds is 0. The van der Waals surface area contributed by atoms with Gasteiger partial charge in [0.2, 0.25) is 0 Å². The van der Waals surface area contributed by atoms with Crippen molar-refractivity contribution in [1.29, 1.82) is 0 Å². The minimum absolute atomic E-state index is 0.368. The minimum Gasteiger partial charge on any atom is -0.295 e. The molecule has 2 atom stereocenters. The first kappa shape index (κ1) is 10.5. The summed E-state index contributed by atoms with van der Waals surface area (Å²) in [5.74, 6) is 0. The van der Waals surface area contributed by atoms with Crippen LogP contribution < -0.4 is 0 Å². The van der Waals surface area contributed by atoms with Crippen molar-refractivity contribution in [3.8, 4) is 0 Å². The first-order chi connectivity index (χ1) is 6.22. The highest BCUT2D eigenvalue weighted by Gasteiger charge is 2.61. The SMILES string of the molecule is C[C]1N2CCC(C)(C(C)(C)C2)C1(C)C. The topological polar surface area (TPSA) is 3.24 Å². The van der Waals surface area contributed by atoms with E-state index in [1.54, 1.807) is 6.04 Å². The Morgan fingerprint density at radius 1 is 1.07 bits per heavy atom. The number of fused-ring (bicyclic) bond motifs is 3. The lowest BCUT2D eigenvalue weighted by molar-refractivity contribution is -0.158. The third-order valence-electron chi connectivity index (χ3n) is 5.72. The summed E-state index contributed by atoms with van der Waals surface area (Å²) in [6, 6.07) is 1.60. The van der Waals surface area contributed by atoms with Crippen molar-refractivity contribution >= 4 is 0 Å². The van der Waals surface area contributed by atoms with E-state index in [1.165, 1.54) is 19.5 Å². The molecule has 0 aromatic carbocycles. The lowest BCUT2D eigenvalue weighted by atomic mass is 9.45. The molecular formula is C13H24N. The van der Waals surface area contributed by atoms with E-state index in [1.807, 2.05) is 0 Å². The second-order valence-corrected chi connectivity index (χ2v) is 6.60. The Bertz CT molecular complexity index is 254. The molecule has 3 heterocycles. The van der Waals surface area contributed by atoms with Crippen molar-refractivity contribution in [1.82, 2.24) is 4.90 Å². The third-order valence-corrected chi connectivity index (χ3v) is 5.72. The van der Waals surface area contributed by atoms with Crippen LogP contribution in [0.2, 0.25) is 0 Å². The van der Waals surface area contributed by atoms with Crippen molar-refractivity contribution in [2.75, 3.05) is 13.1 Å². The average molecular weight is 194 g/mol. The van der Waals surface area contributed by atoms with Gasteiger partial charge in [-0.05, 0) is 36.1 Å². The van der Waals surface area contributed by atoms with E-state index in [2.05, 4.69) is 46.4 Å². The molecule has 3 aliphatic heterocycles. The lowest BCUT2D eigenvalue weighted by Gasteiger charge is -2.68. The number of hydrogen-bond acceptors (Lipinski definition) is 1. The molecule has 2 unspecified atom stereocenters. The smallest absolute Gasteiger partial charge is 0.0424 e. The molecule has 3 saturated heterocycles. The maximum Gasteiger partial charge on any atom is 0.0424 e. The van der Waals surface area contributed by atoms with Gasteiger partial charge in [0.1, 0.15) is 0 Å². The van der Waals surface area contributed by atoms with Gasteiger partial charge in [-0.1, -0.05) is 34.6 Å². The lowest BCUT2D eigenvalue weighted by Crippen LogP contribution is -2.66. The highest BCUT2D eigenvalue weighted by molar-refractivity contribution is 5.19. The molecule has 3 aliphatic rings. The Kier molecular flexibility index (Phi) is 1.91. The molecule has 0 amide bonds. The van der Waals surface area contributed by atoms with Crippen molar-refractivity contribution in [2.45, 2.75) is 48.0 Å². The fourth-order valence-corrected chi connectivity index (χ4v) is 3.67. The maximum absolute atomic E-state index is 2.60. The first-order valence-corrected chi connectivity index (χ1v) is 5.81. The van der Waals surface area contributed by atoms with Gasteiger partial charge in [-0.15, -0.1) is 0 Å². The molecule has 0 aliphatic carbocycles. The van der Waals surface area contributed by atoms with Crippen LogP contribution in [0, 0.1) is 22.3 Å². The van der Waals surface area contributed by atoms with E-state index in [-0.39, 0.29) is 0 Å². The fraction of sp³-hybridized carbons (Fsp3) is 0.923. The van der Waals surface area contributed by atoms with Gasteiger partial charge in [-0.25, -0.2) is 0 Å². The van der Waals surface area contributed by atoms with Crippen molar-refractivity contribution in [2.24, 2.45) is 16.2 Å². The van der Waals surface area contributed by atoms with E-state index in [0.29, 0.717) is 16.2 Å². The molecule has 3 rings (SSSR count). The third kappa shape index (κ3) is 0.946. The van der Waals surface area contributed by atoms with Gasteiger partial charge in [0, 0.05) is 12.6 Å². The molecule has 0 aromatic heterocycles.